The highest BCUT2D eigenvalue weighted by Crippen LogP contribution is 2.28. The monoisotopic (exact) mass is 272 g/mol. The Morgan fingerprint density at radius 2 is 1.65 bits per heavy atom. The summed E-state index contributed by atoms with van der Waals surface area (Å²) in [6, 6.07) is 0.435. The van der Waals surface area contributed by atoms with Crippen LogP contribution in [-0.4, -0.2) is 43.3 Å². The fourth-order valence-corrected chi connectivity index (χ4v) is 2.20. The van der Waals surface area contributed by atoms with Crippen LogP contribution in [0, 0.1) is 5.92 Å². The van der Waals surface area contributed by atoms with Crippen LogP contribution in [0.3, 0.4) is 0 Å². The Kier molecular flexibility index (Phi) is 5.54. The van der Waals surface area contributed by atoms with Gasteiger partial charge in [-0.25, -0.2) is 0 Å². The molecule has 2 rings (SSSR count). The standard InChI is InChI=1S/C11H19F3N2.ClH/c12-11(13,14)8-16-5-3-10(4-6-16)15-7-9-1-2-9;/h9-10,15H,1-8H2;1H. The van der Waals surface area contributed by atoms with Crippen LogP contribution < -0.4 is 5.32 Å². The number of piperidine rings is 1. The molecule has 0 aromatic carbocycles. The van der Waals surface area contributed by atoms with Crippen molar-refractivity contribution in [1.82, 2.24) is 10.2 Å². The lowest BCUT2D eigenvalue weighted by Crippen LogP contribution is -2.45. The Hall–Kier alpha value is -0.0000000000000000416. The summed E-state index contributed by atoms with van der Waals surface area (Å²) in [7, 11) is 0. The Morgan fingerprint density at radius 3 is 2.12 bits per heavy atom. The van der Waals surface area contributed by atoms with Crippen LogP contribution in [0.2, 0.25) is 0 Å². The van der Waals surface area contributed by atoms with Crippen LogP contribution in [0.15, 0.2) is 0 Å². The van der Waals surface area contributed by atoms with E-state index >= 15 is 0 Å². The molecule has 0 atom stereocenters. The zero-order chi connectivity index (χ0) is 11.6. The molecule has 102 valence electrons. The molecular formula is C11H20ClF3N2. The van der Waals surface area contributed by atoms with Gasteiger partial charge in [0.25, 0.3) is 0 Å². The number of rotatable bonds is 4. The summed E-state index contributed by atoms with van der Waals surface area (Å²) in [6.07, 6.45) is 0.291. The number of likely N-dealkylation sites (tertiary alicyclic amines) is 1. The van der Waals surface area contributed by atoms with Crippen molar-refractivity contribution in [2.24, 2.45) is 5.92 Å². The van der Waals surface area contributed by atoms with Gasteiger partial charge in [0.2, 0.25) is 0 Å². The van der Waals surface area contributed by atoms with E-state index in [0.29, 0.717) is 19.1 Å². The van der Waals surface area contributed by atoms with Crippen LogP contribution in [0.25, 0.3) is 0 Å². The normalized spacial score (nSPS) is 23.5. The first kappa shape index (κ1) is 15.1. The van der Waals surface area contributed by atoms with E-state index in [0.717, 1.165) is 25.3 Å². The molecule has 2 aliphatic rings. The lowest BCUT2D eigenvalue weighted by molar-refractivity contribution is -0.148. The van der Waals surface area contributed by atoms with E-state index in [-0.39, 0.29) is 12.4 Å². The van der Waals surface area contributed by atoms with Gasteiger partial charge in [-0.3, -0.25) is 4.90 Å². The number of nitrogens with zero attached hydrogens (tertiary/aromatic N) is 1. The van der Waals surface area contributed by atoms with Crippen molar-refractivity contribution >= 4 is 12.4 Å². The molecule has 0 aromatic heterocycles. The molecule has 1 saturated heterocycles. The van der Waals surface area contributed by atoms with Gasteiger partial charge in [-0.1, -0.05) is 0 Å². The summed E-state index contributed by atoms with van der Waals surface area (Å²) in [5, 5.41) is 3.46. The first-order valence-electron chi connectivity index (χ1n) is 6.05. The second-order valence-corrected chi connectivity index (χ2v) is 5.02. The molecule has 0 radical (unpaired) electrons. The van der Waals surface area contributed by atoms with Gasteiger partial charge in [-0.15, -0.1) is 12.4 Å². The van der Waals surface area contributed by atoms with Gasteiger partial charge in [-0.05, 0) is 51.2 Å². The Labute approximate surface area is 106 Å². The second kappa shape index (κ2) is 6.25. The van der Waals surface area contributed by atoms with Crippen molar-refractivity contribution < 1.29 is 13.2 Å². The number of halogens is 4. The third-order valence-electron chi connectivity index (χ3n) is 3.38. The van der Waals surface area contributed by atoms with E-state index in [4.69, 9.17) is 0 Å². The van der Waals surface area contributed by atoms with Crippen molar-refractivity contribution in [3.63, 3.8) is 0 Å². The van der Waals surface area contributed by atoms with E-state index < -0.39 is 12.7 Å². The summed E-state index contributed by atoms with van der Waals surface area (Å²) >= 11 is 0. The third-order valence-corrected chi connectivity index (χ3v) is 3.38. The molecule has 0 spiro atoms. The molecule has 0 unspecified atom stereocenters. The van der Waals surface area contributed by atoms with Crippen LogP contribution in [0.4, 0.5) is 13.2 Å². The molecule has 1 N–H and O–H groups in total. The number of hydrogen-bond donors (Lipinski definition) is 1. The molecular weight excluding hydrogens is 253 g/mol. The first-order valence-corrected chi connectivity index (χ1v) is 6.05. The van der Waals surface area contributed by atoms with E-state index in [2.05, 4.69) is 5.32 Å². The maximum atomic E-state index is 12.1. The summed E-state index contributed by atoms with van der Waals surface area (Å²) in [5.74, 6) is 0.841. The maximum Gasteiger partial charge on any atom is 0.401 e. The molecule has 2 fully saturated rings. The number of hydrogen-bond acceptors (Lipinski definition) is 2. The lowest BCUT2D eigenvalue weighted by Gasteiger charge is -2.32. The van der Waals surface area contributed by atoms with Crippen LogP contribution in [-0.2, 0) is 0 Å². The second-order valence-electron chi connectivity index (χ2n) is 5.02. The summed E-state index contributed by atoms with van der Waals surface area (Å²) in [5.41, 5.74) is 0. The predicted octanol–water partition coefficient (Wildman–Crippen LogP) is 2.43. The van der Waals surface area contributed by atoms with Crippen molar-refractivity contribution in [1.29, 1.82) is 0 Å². The quantitative estimate of drug-likeness (QED) is 0.846. The van der Waals surface area contributed by atoms with Crippen LogP contribution >= 0.6 is 12.4 Å². The molecule has 1 aliphatic carbocycles. The van der Waals surface area contributed by atoms with Gasteiger partial charge in [0.1, 0.15) is 0 Å². The minimum atomic E-state index is -4.05. The Morgan fingerprint density at radius 1 is 1.06 bits per heavy atom. The van der Waals surface area contributed by atoms with Gasteiger partial charge in [0.15, 0.2) is 0 Å². The van der Waals surface area contributed by atoms with E-state index in [9.17, 15) is 13.2 Å². The molecule has 0 amide bonds. The van der Waals surface area contributed by atoms with Crippen molar-refractivity contribution in [3.8, 4) is 0 Å². The van der Waals surface area contributed by atoms with Gasteiger partial charge in [-0.2, -0.15) is 13.2 Å². The third kappa shape index (κ3) is 5.93. The predicted molar refractivity (Wildman–Crippen MR) is 63.5 cm³/mol. The van der Waals surface area contributed by atoms with Crippen molar-refractivity contribution in [2.45, 2.75) is 37.9 Å². The zero-order valence-corrected chi connectivity index (χ0v) is 10.6. The van der Waals surface area contributed by atoms with Crippen LogP contribution in [0.5, 0.6) is 0 Å². The summed E-state index contributed by atoms with van der Waals surface area (Å²) < 4.78 is 36.4. The van der Waals surface area contributed by atoms with Crippen molar-refractivity contribution in [2.75, 3.05) is 26.2 Å². The van der Waals surface area contributed by atoms with Crippen molar-refractivity contribution in [3.05, 3.63) is 0 Å². The van der Waals surface area contributed by atoms with Gasteiger partial charge in [0.05, 0.1) is 6.54 Å². The fraction of sp³-hybridized carbons (Fsp3) is 1.00. The first-order chi connectivity index (χ1) is 7.53. The smallest absolute Gasteiger partial charge is 0.314 e. The largest absolute Gasteiger partial charge is 0.401 e. The molecule has 6 heteroatoms. The number of alkyl halides is 3. The zero-order valence-electron chi connectivity index (χ0n) is 9.80. The topological polar surface area (TPSA) is 15.3 Å². The van der Waals surface area contributed by atoms with Crippen LogP contribution in [0.1, 0.15) is 25.7 Å². The Balaban J connectivity index is 0.00000144. The highest BCUT2D eigenvalue weighted by atomic mass is 35.5. The van der Waals surface area contributed by atoms with Gasteiger partial charge in [0, 0.05) is 6.04 Å². The molecule has 17 heavy (non-hydrogen) atoms. The highest BCUT2D eigenvalue weighted by Gasteiger charge is 2.32. The van der Waals surface area contributed by atoms with E-state index in [1.54, 1.807) is 0 Å². The molecule has 0 bridgehead atoms. The molecule has 0 aromatic rings. The fourth-order valence-electron chi connectivity index (χ4n) is 2.20. The maximum absolute atomic E-state index is 12.1. The average Bonchev–Trinajstić information content (AvgIpc) is 2.98. The summed E-state index contributed by atoms with van der Waals surface area (Å²) in [4.78, 5) is 1.51. The molecule has 1 heterocycles. The van der Waals surface area contributed by atoms with Gasteiger partial charge < -0.3 is 5.32 Å². The SMILES string of the molecule is Cl.FC(F)(F)CN1CCC(NCC2CC2)CC1. The highest BCUT2D eigenvalue weighted by molar-refractivity contribution is 5.85. The van der Waals surface area contributed by atoms with E-state index in [1.165, 1.54) is 17.7 Å². The minimum Gasteiger partial charge on any atom is -0.314 e. The average molecular weight is 273 g/mol. The molecule has 2 nitrogen and oxygen atoms in total. The van der Waals surface area contributed by atoms with E-state index in [1.807, 2.05) is 0 Å². The molecule has 1 saturated carbocycles. The van der Waals surface area contributed by atoms with Gasteiger partial charge >= 0.3 is 6.18 Å². The Bertz CT molecular complexity index is 223. The number of nitrogens with one attached hydrogen (secondary N) is 1. The summed E-state index contributed by atoms with van der Waals surface area (Å²) in [6.45, 7) is 1.45. The lowest BCUT2D eigenvalue weighted by atomic mass is 10.0. The minimum absolute atomic E-state index is 0. The molecule has 1 aliphatic heterocycles.